The third-order valence-electron chi connectivity index (χ3n) is 4.48. The molecule has 1 aromatic carbocycles. The van der Waals surface area contributed by atoms with Gasteiger partial charge in [-0.25, -0.2) is 9.97 Å². The summed E-state index contributed by atoms with van der Waals surface area (Å²) in [5.74, 6) is 0.653. The number of nitrogens with one attached hydrogen (secondary N) is 1. The van der Waals surface area contributed by atoms with E-state index < -0.39 is 0 Å². The minimum absolute atomic E-state index is 0.0222. The molecule has 25 heavy (non-hydrogen) atoms. The first-order valence-electron chi connectivity index (χ1n) is 8.56. The summed E-state index contributed by atoms with van der Waals surface area (Å²) < 4.78 is 0. The standard InChI is InChI=1S/C19H23ClN4O/c1-12-6-7-16(10-17(12)20)23-18(25)15-5-4-8-24(11-15)19-21-13(2)9-14(3)22-19/h6-7,9-10,15H,4-5,8,11H2,1-3H3,(H,23,25)/t15-/m1/s1. The van der Waals surface area contributed by atoms with Crippen molar-refractivity contribution < 1.29 is 4.79 Å². The lowest BCUT2D eigenvalue weighted by Gasteiger charge is -2.32. The smallest absolute Gasteiger partial charge is 0.229 e. The quantitative estimate of drug-likeness (QED) is 0.903. The number of hydrogen-bond acceptors (Lipinski definition) is 4. The van der Waals surface area contributed by atoms with Crippen LogP contribution in [-0.2, 0) is 4.79 Å². The van der Waals surface area contributed by atoms with Crippen LogP contribution in [0.2, 0.25) is 5.02 Å². The van der Waals surface area contributed by atoms with Crippen LogP contribution >= 0.6 is 11.6 Å². The monoisotopic (exact) mass is 358 g/mol. The summed E-state index contributed by atoms with van der Waals surface area (Å²) in [5.41, 5.74) is 3.63. The Morgan fingerprint density at radius 2 is 1.92 bits per heavy atom. The average molecular weight is 359 g/mol. The van der Waals surface area contributed by atoms with Crippen molar-refractivity contribution in [2.45, 2.75) is 33.6 Å². The van der Waals surface area contributed by atoms with E-state index in [9.17, 15) is 4.79 Å². The van der Waals surface area contributed by atoms with E-state index in [1.807, 2.05) is 39.0 Å². The molecule has 6 heteroatoms. The number of carbonyl (C=O) groups excluding carboxylic acids is 1. The summed E-state index contributed by atoms with van der Waals surface area (Å²) in [4.78, 5) is 23.8. The van der Waals surface area contributed by atoms with Crippen LogP contribution in [0.1, 0.15) is 29.8 Å². The van der Waals surface area contributed by atoms with Gasteiger partial charge in [0.05, 0.1) is 5.92 Å². The van der Waals surface area contributed by atoms with Gasteiger partial charge in [0.25, 0.3) is 0 Å². The lowest BCUT2D eigenvalue weighted by molar-refractivity contribution is -0.120. The van der Waals surface area contributed by atoms with E-state index in [-0.39, 0.29) is 11.8 Å². The third kappa shape index (κ3) is 4.28. The Hall–Kier alpha value is -2.14. The van der Waals surface area contributed by atoms with Gasteiger partial charge in [-0.1, -0.05) is 17.7 Å². The van der Waals surface area contributed by atoms with Gasteiger partial charge in [-0.15, -0.1) is 0 Å². The number of halogens is 1. The number of anilines is 2. The van der Waals surface area contributed by atoms with Crippen LogP contribution < -0.4 is 10.2 Å². The Balaban J connectivity index is 1.69. The van der Waals surface area contributed by atoms with Crippen molar-refractivity contribution in [3.05, 3.63) is 46.2 Å². The van der Waals surface area contributed by atoms with E-state index in [4.69, 9.17) is 11.6 Å². The maximum absolute atomic E-state index is 12.7. The van der Waals surface area contributed by atoms with E-state index >= 15 is 0 Å². The summed E-state index contributed by atoms with van der Waals surface area (Å²) >= 11 is 6.14. The molecule has 2 aromatic rings. The van der Waals surface area contributed by atoms with Gasteiger partial charge >= 0.3 is 0 Å². The first-order chi connectivity index (χ1) is 11.9. The summed E-state index contributed by atoms with van der Waals surface area (Å²) in [6.07, 6.45) is 1.82. The SMILES string of the molecule is Cc1cc(C)nc(N2CCC[C@@H](C(=O)Nc3ccc(C)c(Cl)c3)C2)n1. The zero-order chi connectivity index (χ0) is 18.0. The number of nitrogens with zero attached hydrogens (tertiary/aromatic N) is 3. The number of benzene rings is 1. The van der Waals surface area contributed by atoms with Crippen LogP contribution in [0.4, 0.5) is 11.6 Å². The first-order valence-corrected chi connectivity index (χ1v) is 8.94. The zero-order valence-electron chi connectivity index (χ0n) is 14.8. The number of carbonyl (C=O) groups is 1. The molecule has 0 saturated carbocycles. The van der Waals surface area contributed by atoms with E-state index in [0.29, 0.717) is 17.5 Å². The van der Waals surface area contributed by atoms with Crippen molar-refractivity contribution in [2.75, 3.05) is 23.3 Å². The van der Waals surface area contributed by atoms with Crippen LogP contribution in [0.5, 0.6) is 0 Å². The van der Waals surface area contributed by atoms with Crippen LogP contribution in [0.3, 0.4) is 0 Å². The van der Waals surface area contributed by atoms with Gasteiger partial charge in [0.1, 0.15) is 0 Å². The molecule has 0 aliphatic carbocycles. The van der Waals surface area contributed by atoms with Gasteiger partial charge in [-0.2, -0.15) is 0 Å². The lowest BCUT2D eigenvalue weighted by Crippen LogP contribution is -2.41. The highest BCUT2D eigenvalue weighted by molar-refractivity contribution is 6.31. The molecule has 1 N–H and O–H groups in total. The molecule has 0 radical (unpaired) electrons. The Kier molecular flexibility index (Phi) is 5.23. The minimum atomic E-state index is -0.0850. The Labute approximate surface area is 153 Å². The van der Waals surface area contributed by atoms with Gasteiger partial charge in [0, 0.05) is 35.2 Å². The van der Waals surface area contributed by atoms with E-state index in [1.54, 1.807) is 6.07 Å². The molecule has 0 bridgehead atoms. The Morgan fingerprint density at radius 3 is 2.60 bits per heavy atom. The molecule has 0 unspecified atom stereocenters. The normalized spacial score (nSPS) is 17.4. The number of aryl methyl sites for hydroxylation is 3. The predicted octanol–water partition coefficient (Wildman–Crippen LogP) is 3.91. The van der Waals surface area contributed by atoms with Crippen molar-refractivity contribution in [1.29, 1.82) is 0 Å². The van der Waals surface area contributed by atoms with Crippen LogP contribution in [-0.4, -0.2) is 29.0 Å². The molecule has 1 saturated heterocycles. The summed E-state index contributed by atoms with van der Waals surface area (Å²) in [6.45, 7) is 7.38. The number of aromatic nitrogens is 2. The summed E-state index contributed by atoms with van der Waals surface area (Å²) in [6, 6.07) is 7.54. The molecule has 1 aliphatic rings. The molecule has 1 amide bonds. The van der Waals surface area contributed by atoms with Gasteiger partial charge < -0.3 is 10.2 Å². The fourth-order valence-corrected chi connectivity index (χ4v) is 3.32. The number of rotatable bonds is 3. The summed E-state index contributed by atoms with van der Waals surface area (Å²) in [5, 5.41) is 3.64. The fourth-order valence-electron chi connectivity index (χ4n) is 3.14. The van der Waals surface area contributed by atoms with Crippen molar-refractivity contribution >= 4 is 29.1 Å². The fraction of sp³-hybridized carbons (Fsp3) is 0.421. The maximum Gasteiger partial charge on any atom is 0.229 e. The van der Waals surface area contributed by atoms with Crippen molar-refractivity contribution in [3.8, 4) is 0 Å². The van der Waals surface area contributed by atoms with Crippen molar-refractivity contribution in [2.24, 2.45) is 5.92 Å². The van der Waals surface area contributed by atoms with Crippen molar-refractivity contribution in [3.63, 3.8) is 0 Å². The Bertz CT molecular complexity index is 773. The summed E-state index contributed by atoms with van der Waals surface area (Å²) in [7, 11) is 0. The topological polar surface area (TPSA) is 58.1 Å². The second-order valence-corrected chi connectivity index (χ2v) is 7.10. The van der Waals surface area contributed by atoms with Crippen LogP contribution in [0.25, 0.3) is 0 Å². The van der Waals surface area contributed by atoms with Gasteiger partial charge in [0.2, 0.25) is 11.9 Å². The number of piperidine rings is 1. The predicted molar refractivity (Wildman–Crippen MR) is 101 cm³/mol. The van der Waals surface area contributed by atoms with Gasteiger partial charge in [-0.05, 0) is 57.4 Å². The highest BCUT2D eigenvalue weighted by Crippen LogP contribution is 2.24. The number of amides is 1. The van der Waals surface area contributed by atoms with E-state index in [0.717, 1.165) is 42.0 Å². The van der Waals surface area contributed by atoms with E-state index in [1.165, 1.54) is 0 Å². The molecule has 132 valence electrons. The minimum Gasteiger partial charge on any atom is -0.340 e. The molecule has 1 fully saturated rings. The van der Waals surface area contributed by atoms with E-state index in [2.05, 4.69) is 20.2 Å². The second kappa shape index (κ2) is 7.40. The first kappa shape index (κ1) is 17.7. The molecule has 1 aliphatic heterocycles. The van der Waals surface area contributed by atoms with Gasteiger partial charge in [-0.3, -0.25) is 4.79 Å². The number of hydrogen-bond donors (Lipinski definition) is 1. The average Bonchev–Trinajstić information content (AvgIpc) is 2.57. The second-order valence-electron chi connectivity index (χ2n) is 6.69. The van der Waals surface area contributed by atoms with Crippen LogP contribution in [0.15, 0.2) is 24.3 Å². The molecule has 1 aromatic heterocycles. The van der Waals surface area contributed by atoms with Gasteiger partial charge in [0.15, 0.2) is 0 Å². The Morgan fingerprint density at radius 1 is 1.20 bits per heavy atom. The lowest BCUT2D eigenvalue weighted by atomic mass is 9.97. The molecule has 2 heterocycles. The molecular formula is C19H23ClN4O. The highest BCUT2D eigenvalue weighted by Gasteiger charge is 2.27. The molecule has 5 nitrogen and oxygen atoms in total. The largest absolute Gasteiger partial charge is 0.340 e. The maximum atomic E-state index is 12.7. The molecule has 1 atom stereocenters. The molecular weight excluding hydrogens is 336 g/mol. The zero-order valence-corrected chi connectivity index (χ0v) is 15.6. The highest BCUT2D eigenvalue weighted by atomic mass is 35.5. The molecule has 0 spiro atoms. The third-order valence-corrected chi connectivity index (χ3v) is 4.89. The van der Waals surface area contributed by atoms with Crippen molar-refractivity contribution in [1.82, 2.24) is 9.97 Å². The molecule has 3 rings (SSSR count). The van der Waals surface area contributed by atoms with Crippen LogP contribution in [0, 0.1) is 26.7 Å².